The maximum Gasteiger partial charge on any atom is 0.246 e. The fraction of sp³-hybridized carbons (Fsp3) is 0.750. The molecule has 0 aromatic rings. The second-order valence-corrected chi connectivity index (χ2v) is 4.05. The van der Waals surface area contributed by atoms with Gasteiger partial charge in [-0.2, -0.15) is 0 Å². The summed E-state index contributed by atoms with van der Waals surface area (Å²) in [5, 5.41) is 2.70. The van der Waals surface area contributed by atoms with E-state index in [0.717, 1.165) is 32.1 Å². The lowest BCUT2D eigenvalue weighted by molar-refractivity contribution is -0.127. The smallest absolute Gasteiger partial charge is 0.246 e. The van der Waals surface area contributed by atoms with Crippen LogP contribution in [0, 0.1) is 0 Å². The van der Waals surface area contributed by atoms with Crippen molar-refractivity contribution in [2.24, 2.45) is 5.73 Å². The summed E-state index contributed by atoms with van der Waals surface area (Å²) in [6, 6.07) is 0. The van der Waals surface area contributed by atoms with Gasteiger partial charge in [0.05, 0.1) is 6.10 Å². The molecule has 0 fully saturated rings. The Kier molecular flexibility index (Phi) is 6.85. The Hall–Kier alpha value is -0.870. The minimum atomic E-state index is -0.0666. The van der Waals surface area contributed by atoms with E-state index < -0.39 is 0 Å². The average Bonchev–Trinajstić information content (AvgIpc) is 2.25. The first kappa shape index (κ1) is 13.2. The van der Waals surface area contributed by atoms with Crippen LogP contribution in [0.2, 0.25) is 0 Å². The van der Waals surface area contributed by atoms with Crippen molar-refractivity contribution in [3.05, 3.63) is 12.2 Å². The van der Waals surface area contributed by atoms with Crippen LogP contribution in [0.3, 0.4) is 0 Å². The zero-order valence-electron chi connectivity index (χ0n) is 9.78. The summed E-state index contributed by atoms with van der Waals surface area (Å²) in [6.45, 7) is 1.16. The third-order valence-electron chi connectivity index (χ3n) is 2.64. The zero-order chi connectivity index (χ0) is 11.6. The second-order valence-electron chi connectivity index (χ2n) is 4.05. The molecule has 16 heavy (non-hydrogen) atoms. The molecule has 0 spiro atoms. The quantitative estimate of drug-likeness (QED) is 0.686. The normalized spacial score (nSPS) is 23.2. The van der Waals surface area contributed by atoms with E-state index in [0.29, 0.717) is 13.1 Å². The molecule has 0 saturated carbocycles. The Labute approximate surface area is 97.2 Å². The van der Waals surface area contributed by atoms with E-state index in [1.807, 2.05) is 0 Å². The Morgan fingerprint density at radius 1 is 1.38 bits per heavy atom. The Bertz CT molecular complexity index is 229. The summed E-state index contributed by atoms with van der Waals surface area (Å²) in [5.74, 6) is -0.0666. The van der Waals surface area contributed by atoms with Crippen molar-refractivity contribution < 1.29 is 9.53 Å². The van der Waals surface area contributed by atoms with E-state index in [2.05, 4.69) is 17.5 Å². The maximum atomic E-state index is 11.3. The monoisotopic (exact) mass is 226 g/mol. The van der Waals surface area contributed by atoms with Gasteiger partial charge in [-0.25, -0.2) is 0 Å². The van der Waals surface area contributed by atoms with Crippen LogP contribution in [0.5, 0.6) is 0 Å². The van der Waals surface area contributed by atoms with Crippen LogP contribution in [0.1, 0.15) is 32.1 Å². The average molecular weight is 226 g/mol. The minimum Gasteiger partial charge on any atom is -0.368 e. The first-order valence-corrected chi connectivity index (χ1v) is 6.06. The third kappa shape index (κ3) is 5.88. The van der Waals surface area contributed by atoms with Gasteiger partial charge in [-0.3, -0.25) is 4.79 Å². The number of rotatable bonds is 5. The Balaban J connectivity index is 2.15. The topological polar surface area (TPSA) is 64.3 Å². The van der Waals surface area contributed by atoms with Gasteiger partial charge in [0.15, 0.2) is 0 Å². The number of carbonyl (C=O) groups is 1. The molecule has 0 saturated heterocycles. The largest absolute Gasteiger partial charge is 0.368 e. The van der Waals surface area contributed by atoms with Crippen molar-refractivity contribution in [3.8, 4) is 0 Å². The number of allylic oxidation sites excluding steroid dienone is 2. The molecule has 0 aromatic carbocycles. The SMILES string of the molecule is NCCNC(=O)COC1CC/C=C\CCC1. The molecule has 1 amide bonds. The second kappa shape index (κ2) is 8.30. The van der Waals surface area contributed by atoms with E-state index in [1.165, 1.54) is 0 Å². The molecule has 0 aromatic heterocycles. The lowest BCUT2D eigenvalue weighted by atomic mass is 10.0. The zero-order valence-corrected chi connectivity index (χ0v) is 9.78. The van der Waals surface area contributed by atoms with Crippen LogP contribution in [0.4, 0.5) is 0 Å². The number of ether oxygens (including phenoxy) is 1. The van der Waals surface area contributed by atoms with Crippen LogP contribution in [0.15, 0.2) is 12.2 Å². The van der Waals surface area contributed by atoms with Gasteiger partial charge in [0.25, 0.3) is 0 Å². The lowest BCUT2D eigenvalue weighted by Gasteiger charge is -2.18. The van der Waals surface area contributed by atoms with Gasteiger partial charge in [0, 0.05) is 13.1 Å². The van der Waals surface area contributed by atoms with E-state index >= 15 is 0 Å². The highest BCUT2D eigenvalue weighted by molar-refractivity contribution is 5.77. The molecule has 4 heteroatoms. The van der Waals surface area contributed by atoms with Crippen LogP contribution in [-0.2, 0) is 9.53 Å². The maximum absolute atomic E-state index is 11.3. The first-order valence-electron chi connectivity index (χ1n) is 6.06. The van der Waals surface area contributed by atoms with Gasteiger partial charge in [-0.1, -0.05) is 12.2 Å². The summed E-state index contributed by atoms with van der Waals surface area (Å²) >= 11 is 0. The summed E-state index contributed by atoms with van der Waals surface area (Å²) < 4.78 is 5.59. The van der Waals surface area contributed by atoms with Gasteiger partial charge in [0.2, 0.25) is 5.91 Å². The number of nitrogens with one attached hydrogen (secondary N) is 1. The van der Waals surface area contributed by atoms with Gasteiger partial charge in [-0.15, -0.1) is 0 Å². The van der Waals surface area contributed by atoms with Crippen molar-refractivity contribution >= 4 is 5.91 Å². The van der Waals surface area contributed by atoms with Crippen LogP contribution in [0.25, 0.3) is 0 Å². The number of carbonyl (C=O) groups excluding carboxylic acids is 1. The van der Waals surface area contributed by atoms with Crippen molar-refractivity contribution in [1.29, 1.82) is 0 Å². The molecule has 0 radical (unpaired) electrons. The molecule has 4 nitrogen and oxygen atoms in total. The molecule has 0 heterocycles. The highest BCUT2D eigenvalue weighted by Gasteiger charge is 2.11. The van der Waals surface area contributed by atoms with Gasteiger partial charge >= 0.3 is 0 Å². The van der Waals surface area contributed by atoms with Crippen molar-refractivity contribution in [2.75, 3.05) is 19.7 Å². The molecule has 92 valence electrons. The Morgan fingerprint density at radius 3 is 3.00 bits per heavy atom. The van der Waals surface area contributed by atoms with Gasteiger partial charge in [-0.05, 0) is 32.1 Å². The number of hydrogen-bond donors (Lipinski definition) is 2. The van der Waals surface area contributed by atoms with E-state index in [1.54, 1.807) is 0 Å². The molecule has 0 bridgehead atoms. The van der Waals surface area contributed by atoms with E-state index in [9.17, 15) is 4.79 Å². The summed E-state index contributed by atoms with van der Waals surface area (Å²) in [4.78, 5) is 11.3. The van der Waals surface area contributed by atoms with Crippen molar-refractivity contribution in [1.82, 2.24) is 5.32 Å². The highest BCUT2D eigenvalue weighted by Crippen LogP contribution is 2.15. The molecule has 1 rings (SSSR count). The molecule has 1 atom stereocenters. The number of nitrogens with two attached hydrogens (primary N) is 1. The van der Waals surface area contributed by atoms with Gasteiger partial charge in [0.1, 0.15) is 6.61 Å². The fourth-order valence-electron chi connectivity index (χ4n) is 1.75. The number of hydrogen-bond acceptors (Lipinski definition) is 3. The minimum absolute atomic E-state index is 0.0666. The molecule has 1 aliphatic rings. The fourth-order valence-corrected chi connectivity index (χ4v) is 1.75. The van der Waals surface area contributed by atoms with Gasteiger partial charge < -0.3 is 15.8 Å². The first-order chi connectivity index (χ1) is 7.83. The standard InChI is InChI=1S/C12H22N2O2/c13-8-9-14-12(15)10-16-11-6-4-2-1-3-5-7-11/h1-2,11H,3-10,13H2,(H,14,15)/b2-1-. The molecule has 1 aliphatic carbocycles. The van der Waals surface area contributed by atoms with Crippen molar-refractivity contribution in [2.45, 2.75) is 38.2 Å². The Morgan fingerprint density at radius 2 is 2.19 bits per heavy atom. The molecular weight excluding hydrogens is 204 g/mol. The molecular formula is C12H22N2O2. The van der Waals surface area contributed by atoms with Crippen molar-refractivity contribution in [3.63, 3.8) is 0 Å². The third-order valence-corrected chi connectivity index (χ3v) is 2.64. The lowest BCUT2D eigenvalue weighted by Crippen LogP contribution is -2.33. The molecule has 0 aliphatic heterocycles. The highest BCUT2D eigenvalue weighted by atomic mass is 16.5. The summed E-state index contributed by atoms with van der Waals surface area (Å²) in [5.41, 5.74) is 5.29. The van der Waals surface area contributed by atoms with Crippen LogP contribution < -0.4 is 11.1 Å². The summed E-state index contributed by atoms with van der Waals surface area (Å²) in [6.07, 6.45) is 10.0. The number of amides is 1. The van der Waals surface area contributed by atoms with E-state index in [4.69, 9.17) is 10.5 Å². The van der Waals surface area contributed by atoms with Crippen LogP contribution >= 0.6 is 0 Å². The predicted molar refractivity (Wildman–Crippen MR) is 64.0 cm³/mol. The van der Waals surface area contributed by atoms with E-state index in [-0.39, 0.29) is 18.6 Å². The van der Waals surface area contributed by atoms with Crippen LogP contribution in [-0.4, -0.2) is 31.7 Å². The predicted octanol–water partition coefficient (Wildman–Crippen LogP) is 0.967. The summed E-state index contributed by atoms with van der Waals surface area (Å²) in [7, 11) is 0. The molecule has 3 N–H and O–H groups in total. The molecule has 1 unspecified atom stereocenters.